The Labute approximate surface area is 378 Å². The fraction of sp³-hybridized carbons (Fsp3) is 0.133. The van der Waals surface area contributed by atoms with E-state index in [0.29, 0.717) is 0 Å². The summed E-state index contributed by atoms with van der Waals surface area (Å²) in [6.45, 7) is 15.6. The van der Waals surface area contributed by atoms with E-state index in [2.05, 4.69) is 233 Å². The maximum absolute atomic E-state index is 2.56. The minimum Gasteiger partial charge on any atom is -0.310 e. The lowest BCUT2D eigenvalue weighted by Crippen LogP contribution is -2.11. The Morgan fingerprint density at radius 2 is 0.891 bits per heavy atom. The van der Waals surface area contributed by atoms with Gasteiger partial charge in [-0.05, 0) is 153 Å². The van der Waals surface area contributed by atoms with Crippen molar-refractivity contribution in [1.29, 1.82) is 0 Å². The van der Waals surface area contributed by atoms with Gasteiger partial charge in [0.2, 0.25) is 0 Å². The normalized spacial score (nSPS) is 12.3. The summed E-state index contributed by atoms with van der Waals surface area (Å²) in [7, 11) is 0. The standard InChI is InChI=1S/C60H49N3S/c1-36-8-17-43(18-9-36)61(44-19-10-37(2)11-20-44)47-25-26-48-51-31-40-32-55-50(30-41(40)33-56(51)64-57(48)35-47)49-27-29-54(58-52-34-42(60(5,6)7)16-28-53(52)63(55)59(49)58)62(45-21-12-38(3)13-22-45)46-23-14-39(4)15-24-46/h8-35H,1-7H3. The molecule has 0 amide bonds. The van der Waals surface area contributed by atoms with Crippen LogP contribution < -0.4 is 9.80 Å². The van der Waals surface area contributed by atoms with Crippen LogP contribution in [-0.4, -0.2) is 4.40 Å². The molecular formula is C60H49N3S. The van der Waals surface area contributed by atoms with Crippen molar-refractivity contribution >= 4 is 115 Å². The number of hydrogen-bond acceptors (Lipinski definition) is 3. The lowest BCUT2D eigenvalue weighted by Gasteiger charge is -2.27. The molecule has 3 aromatic heterocycles. The van der Waals surface area contributed by atoms with Gasteiger partial charge in [0.05, 0.1) is 22.2 Å². The van der Waals surface area contributed by atoms with E-state index in [1.54, 1.807) is 0 Å². The van der Waals surface area contributed by atoms with Crippen LogP contribution in [0.2, 0.25) is 0 Å². The molecule has 0 unspecified atom stereocenters. The van der Waals surface area contributed by atoms with Crippen molar-refractivity contribution < 1.29 is 0 Å². The molecule has 0 fully saturated rings. The average Bonchev–Trinajstić information content (AvgIpc) is 3.93. The molecule has 0 spiro atoms. The first-order chi connectivity index (χ1) is 31.0. The van der Waals surface area contributed by atoms with Crippen LogP contribution in [0.1, 0.15) is 48.6 Å². The molecule has 310 valence electrons. The second-order valence-corrected chi connectivity index (χ2v) is 20.1. The van der Waals surface area contributed by atoms with Crippen LogP contribution in [0.25, 0.3) is 69.0 Å². The van der Waals surface area contributed by atoms with Gasteiger partial charge in [-0.15, -0.1) is 11.3 Å². The van der Waals surface area contributed by atoms with Gasteiger partial charge in [0.15, 0.2) is 0 Å². The molecule has 0 radical (unpaired) electrons. The van der Waals surface area contributed by atoms with Crippen molar-refractivity contribution in [3.05, 3.63) is 198 Å². The topological polar surface area (TPSA) is 10.9 Å². The Morgan fingerprint density at radius 3 is 1.47 bits per heavy atom. The third-order valence-corrected chi connectivity index (χ3v) is 14.6. The fourth-order valence-electron chi connectivity index (χ4n) is 9.99. The SMILES string of the molecule is Cc1ccc(N(c2ccc(C)cc2)c2ccc3c(c2)sc2cc4cc5c6ccc(N(c7ccc(C)cc7)c7ccc(C)cc7)c7c8cc(C(C)(C)C)ccc8n(c5cc4cc23)c67)cc1. The number of anilines is 6. The third kappa shape index (κ3) is 6.07. The number of rotatable bonds is 6. The number of thiophene rings is 1. The Bertz CT molecular complexity index is 3680. The van der Waals surface area contributed by atoms with Crippen LogP contribution in [0.3, 0.4) is 0 Å². The maximum atomic E-state index is 2.56. The second kappa shape index (κ2) is 14.2. The lowest BCUT2D eigenvalue weighted by atomic mass is 9.86. The van der Waals surface area contributed by atoms with Gasteiger partial charge in [0.25, 0.3) is 0 Å². The summed E-state index contributed by atoms with van der Waals surface area (Å²) in [5.74, 6) is 0. The van der Waals surface area contributed by atoms with Crippen LogP contribution >= 0.6 is 11.3 Å². The van der Waals surface area contributed by atoms with Gasteiger partial charge in [-0.1, -0.05) is 110 Å². The highest BCUT2D eigenvalue weighted by atomic mass is 32.1. The first kappa shape index (κ1) is 38.5. The van der Waals surface area contributed by atoms with Crippen molar-refractivity contribution in [2.75, 3.05) is 9.80 Å². The summed E-state index contributed by atoms with van der Waals surface area (Å²) >= 11 is 1.89. The van der Waals surface area contributed by atoms with Gasteiger partial charge < -0.3 is 14.2 Å². The van der Waals surface area contributed by atoms with Gasteiger partial charge in [-0.3, -0.25) is 0 Å². The van der Waals surface area contributed by atoms with E-state index in [1.165, 1.54) is 103 Å². The first-order valence-corrected chi connectivity index (χ1v) is 23.2. The highest BCUT2D eigenvalue weighted by molar-refractivity contribution is 7.26. The summed E-state index contributed by atoms with van der Waals surface area (Å²) in [6.07, 6.45) is 0. The van der Waals surface area contributed by atoms with Crippen molar-refractivity contribution in [3.63, 3.8) is 0 Å². The summed E-state index contributed by atoms with van der Waals surface area (Å²) < 4.78 is 5.15. The van der Waals surface area contributed by atoms with E-state index in [1.807, 2.05) is 11.3 Å². The van der Waals surface area contributed by atoms with Crippen molar-refractivity contribution in [3.8, 4) is 0 Å². The van der Waals surface area contributed by atoms with E-state index in [9.17, 15) is 0 Å². The van der Waals surface area contributed by atoms with Gasteiger partial charge in [-0.2, -0.15) is 0 Å². The van der Waals surface area contributed by atoms with Crippen molar-refractivity contribution in [1.82, 2.24) is 4.40 Å². The summed E-state index contributed by atoms with van der Waals surface area (Å²) in [5, 5.41) is 10.3. The minimum absolute atomic E-state index is 0.00128. The van der Waals surface area contributed by atoms with Crippen LogP contribution in [0.5, 0.6) is 0 Å². The quantitative estimate of drug-likeness (QED) is 0.165. The van der Waals surface area contributed by atoms with Gasteiger partial charge in [-0.25, -0.2) is 0 Å². The predicted molar refractivity (Wildman–Crippen MR) is 279 cm³/mol. The Morgan fingerprint density at radius 1 is 0.391 bits per heavy atom. The molecule has 0 aliphatic heterocycles. The smallest absolute Gasteiger partial charge is 0.0641 e. The van der Waals surface area contributed by atoms with E-state index in [0.717, 1.165) is 28.4 Å². The fourth-order valence-corrected chi connectivity index (χ4v) is 11.2. The zero-order valence-electron chi connectivity index (χ0n) is 37.4. The molecule has 3 nitrogen and oxygen atoms in total. The van der Waals surface area contributed by atoms with E-state index < -0.39 is 0 Å². The molecular weight excluding hydrogens is 795 g/mol. The zero-order valence-corrected chi connectivity index (χ0v) is 38.2. The molecule has 0 N–H and O–H groups in total. The molecule has 12 aromatic rings. The van der Waals surface area contributed by atoms with E-state index >= 15 is 0 Å². The number of benzene rings is 9. The summed E-state index contributed by atoms with van der Waals surface area (Å²) in [4.78, 5) is 4.83. The Hall–Kier alpha value is -7.14. The molecule has 0 saturated heterocycles. The number of nitrogens with zero attached hydrogens (tertiary/aromatic N) is 3. The Kier molecular flexibility index (Phi) is 8.54. The molecule has 0 aliphatic rings. The van der Waals surface area contributed by atoms with Crippen LogP contribution in [0.15, 0.2) is 170 Å². The van der Waals surface area contributed by atoms with E-state index in [4.69, 9.17) is 0 Å². The monoisotopic (exact) mass is 843 g/mol. The lowest BCUT2D eigenvalue weighted by molar-refractivity contribution is 0.591. The van der Waals surface area contributed by atoms with Crippen LogP contribution in [0.4, 0.5) is 34.1 Å². The molecule has 12 rings (SSSR count). The van der Waals surface area contributed by atoms with Gasteiger partial charge in [0, 0.05) is 70.2 Å². The van der Waals surface area contributed by atoms with Crippen molar-refractivity contribution in [2.45, 2.75) is 53.9 Å². The largest absolute Gasteiger partial charge is 0.310 e. The maximum Gasteiger partial charge on any atom is 0.0641 e. The highest BCUT2D eigenvalue weighted by Crippen LogP contribution is 2.49. The highest BCUT2D eigenvalue weighted by Gasteiger charge is 2.26. The third-order valence-electron chi connectivity index (χ3n) is 13.5. The Balaban J connectivity index is 1.08. The number of fused-ring (bicyclic) bond motifs is 10. The average molecular weight is 844 g/mol. The van der Waals surface area contributed by atoms with E-state index in [-0.39, 0.29) is 5.41 Å². The molecule has 0 saturated carbocycles. The molecule has 3 heterocycles. The van der Waals surface area contributed by atoms with Crippen LogP contribution in [-0.2, 0) is 5.41 Å². The molecule has 0 bridgehead atoms. The second-order valence-electron chi connectivity index (χ2n) is 19.0. The molecule has 9 aromatic carbocycles. The number of aryl methyl sites for hydroxylation is 4. The number of hydrogen-bond donors (Lipinski definition) is 0. The van der Waals surface area contributed by atoms with Gasteiger partial charge >= 0.3 is 0 Å². The predicted octanol–water partition coefficient (Wildman–Crippen LogP) is 17.8. The van der Waals surface area contributed by atoms with Crippen molar-refractivity contribution in [2.24, 2.45) is 0 Å². The van der Waals surface area contributed by atoms with Crippen LogP contribution in [0, 0.1) is 27.7 Å². The summed E-state index contributed by atoms with van der Waals surface area (Å²) in [5.41, 5.74) is 17.1. The number of aromatic nitrogens is 1. The molecule has 0 atom stereocenters. The molecule has 64 heavy (non-hydrogen) atoms. The van der Waals surface area contributed by atoms with Gasteiger partial charge in [0.1, 0.15) is 0 Å². The zero-order chi connectivity index (χ0) is 43.6. The minimum atomic E-state index is 0.00128. The first-order valence-electron chi connectivity index (χ1n) is 22.4. The molecule has 4 heteroatoms. The summed E-state index contributed by atoms with van der Waals surface area (Å²) in [6, 6.07) is 64.3. The molecule has 0 aliphatic carbocycles.